The number of carbonyl (C=O) groups excluding carboxylic acids is 1. The van der Waals surface area contributed by atoms with Gasteiger partial charge in [-0.15, -0.1) is 0 Å². The largest absolute Gasteiger partial charge is 0.497 e. The third-order valence-corrected chi connectivity index (χ3v) is 7.91. The van der Waals surface area contributed by atoms with Gasteiger partial charge in [-0.2, -0.15) is 0 Å². The highest BCUT2D eigenvalue weighted by molar-refractivity contribution is 6.01. The van der Waals surface area contributed by atoms with Gasteiger partial charge in [-0.25, -0.2) is 19.7 Å². The van der Waals surface area contributed by atoms with Crippen molar-refractivity contribution in [2.75, 3.05) is 38.4 Å². The van der Waals surface area contributed by atoms with E-state index in [9.17, 15) is 4.79 Å². The number of nitrogens with two attached hydrogens (primary N) is 1. The van der Waals surface area contributed by atoms with Crippen LogP contribution in [0.4, 0.5) is 16.3 Å². The Hall–Kier alpha value is -5.00. The lowest BCUT2D eigenvalue weighted by molar-refractivity contribution is 0.0189. The average Bonchev–Trinajstić information content (AvgIpc) is 3.66. The first-order valence-corrected chi connectivity index (χ1v) is 14.7. The number of carbonyl (C=O) groups is 1. The Morgan fingerprint density at radius 2 is 1.84 bits per heavy atom. The number of piperidine rings is 1. The van der Waals surface area contributed by atoms with Crippen molar-refractivity contribution in [3.63, 3.8) is 0 Å². The number of imidazole rings is 1. The zero-order valence-electron chi connectivity index (χ0n) is 25.7. The minimum Gasteiger partial charge on any atom is -0.497 e. The molecule has 1 saturated heterocycles. The summed E-state index contributed by atoms with van der Waals surface area (Å²) in [5.74, 6) is 2.13. The minimum absolute atomic E-state index is 0.126. The van der Waals surface area contributed by atoms with Crippen molar-refractivity contribution in [1.29, 1.82) is 0 Å². The average molecular weight is 599 g/mol. The standard InChI is InChI=1S/C32H38N8O4/c1-32(2,3)44-31(41)38-13-10-21(11-14-38)40-18-23(25-9-8-24(33)29-34-12-15-39(25)29)27-28(36-19-37-30(27)40)35-17-20-6-7-22(42-4)16-26(20)43-5/h6-9,12,15-16,18-19,21H,10-11,13-14,17,33H2,1-5H3,(H,35,36,37). The van der Waals surface area contributed by atoms with Gasteiger partial charge in [0.15, 0.2) is 5.65 Å². The van der Waals surface area contributed by atoms with E-state index in [4.69, 9.17) is 29.9 Å². The molecule has 12 heteroatoms. The molecule has 0 spiro atoms. The Labute approximate surface area is 255 Å². The van der Waals surface area contributed by atoms with Crippen molar-refractivity contribution in [3.8, 4) is 22.8 Å². The number of anilines is 2. The van der Waals surface area contributed by atoms with Gasteiger partial charge in [-0.05, 0) is 57.9 Å². The lowest BCUT2D eigenvalue weighted by Gasteiger charge is -2.34. The number of fused-ring (bicyclic) bond motifs is 2. The molecule has 0 atom stereocenters. The summed E-state index contributed by atoms with van der Waals surface area (Å²) in [6.07, 6.45) is 8.62. The Morgan fingerprint density at radius 1 is 1.05 bits per heavy atom. The van der Waals surface area contributed by atoms with E-state index in [1.807, 2.05) is 61.7 Å². The predicted molar refractivity (Wildman–Crippen MR) is 169 cm³/mol. The van der Waals surface area contributed by atoms with E-state index in [1.165, 1.54) is 0 Å². The molecule has 0 bridgehead atoms. The van der Waals surface area contributed by atoms with Gasteiger partial charge < -0.3 is 34.7 Å². The number of hydrogen-bond acceptors (Lipinski definition) is 9. The molecule has 4 aromatic heterocycles. The molecule has 1 amide bonds. The van der Waals surface area contributed by atoms with Crippen molar-refractivity contribution >= 4 is 34.3 Å². The monoisotopic (exact) mass is 598 g/mol. The molecule has 3 N–H and O–H groups in total. The van der Waals surface area contributed by atoms with Gasteiger partial charge in [-0.1, -0.05) is 0 Å². The van der Waals surface area contributed by atoms with Crippen molar-refractivity contribution in [3.05, 3.63) is 60.8 Å². The Bertz CT molecular complexity index is 1810. The second-order valence-corrected chi connectivity index (χ2v) is 11.9. The second-order valence-electron chi connectivity index (χ2n) is 11.9. The van der Waals surface area contributed by atoms with Gasteiger partial charge in [0, 0.05) is 61.5 Å². The Balaban J connectivity index is 1.39. The Morgan fingerprint density at radius 3 is 2.57 bits per heavy atom. The fourth-order valence-electron chi connectivity index (χ4n) is 5.78. The summed E-state index contributed by atoms with van der Waals surface area (Å²) in [6.45, 7) is 7.31. The zero-order valence-corrected chi connectivity index (χ0v) is 25.7. The van der Waals surface area contributed by atoms with E-state index < -0.39 is 5.60 Å². The first kappa shape index (κ1) is 29.1. The molecule has 230 valence electrons. The van der Waals surface area contributed by atoms with E-state index in [0.717, 1.165) is 52.2 Å². The van der Waals surface area contributed by atoms with Gasteiger partial charge in [0.2, 0.25) is 0 Å². The van der Waals surface area contributed by atoms with Crippen LogP contribution in [0.2, 0.25) is 0 Å². The molecular formula is C32H38N8O4. The quantitative estimate of drug-likeness (QED) is 0.248. The van der Waals surface area contributed by atoms with Crippen LogP contribution in [0.1, 0.15) is 45.2 Å². The van der Waals surface area contributed by atoms with Crippen LogP contribution in [0.25, 0.3) is 27.9 Å². The predicted octanol–water partition coefficient (Wildman–Crippen LogP) is 5.53. The fraction of sp³-hybridized carbons (Fsp3) is 0.375. The fourth-order valence-corrected chi connectivity index (χ4v) is 5.78. The van der Waals surface area contributed by atoms with Crippen LogP contribution in [0.15, 0.2) is 55.2 Å². The third kappa shape index (κ3) is 5.54. The molecule has 5 aromatic rings. The molecule has 1 aromatic carbocycles. The number of pyridine rings is 1. The summed E-state index contributed by atoms with van der Waals surface area (Å²) >= 11 is 0. The summed E-state index contributed by atoms with van der Waals surface area (Å²) < 4.78 is 20.8. The number of ether oxygens (including phenoxy) is 3. The van der Waals surface area contributed by atoms with Gasteiger partial charge >= 0.3 is 6.09 Å². The summed E-state index contributed by atoms with van der Waals surface area (Å²) in [7, 11) is 3.28. The first-order chi connectivity index (χ1) is 21.2. The molecule has 1 aliphatic heterocycles. The van der Waals surface area contributed by atoms with E-state index in [2.05, 4.69) is 21.1 Å². The number of amides is 1. The van der Waals surface area contributed by atoms with E-state index in [1.54, 1.807) is 31.6 Å². The molecule has 44 heavy (non-hydrogen) atoms. The lowest BCUT2D eigenvalue weighted by atomic mass is 10.1. The highest BCUT2D eigenvalue weighted by Crippen LogP contribution is 2.39. The highest BCUT2D eigenvalue weighted by Gasteiger charge is 2.30. The maximum absolute atomic E-state index is 12.7. The number of hydrogen-bond donors (Lipinski definition) is 2. The van der Waals surface area contributed by atoms with Crippen molar-refractivity contribution in [2.45, 2.75) is 51.8 Å². The SMILES string of the molecule is COc1ccc(CNc2ncnc3c2c(-c2ccc(N)c4nccn24)cn3C2CCN(C(=O)OC(C)(C)C)CC2)c(OC)c1. The number of rotatable bonds is 7. The highest BCUT2D eigenvalue weighted by atomic mass is 16.6. The summed E-state index contributed by atoms with van der Waals surface area (Å²) in [4.78, 5) is 28.5. The maximum atomic E-state index is 12.7. The molecule has 5 heterocycles. The second kappa shape index (κ2) is 11.6. The summed E-state index contributed by atoms with van der Waals surface area (Å²) in [5.41, 5.74) is 10.6. The normalized spacial score (nSPS) is 14.2. The van der Waals surface area contributed by atoms with Gasteiger partial charge in [0.25, 0.3) is 0 Å². The lowest BCUT2D eigenvalue weighted by Crippen LogP contribution is -2.42. The van der Waals surface area contributed by atoms with E-state index >= 15 is 0 Å². The number of methoxy groups -OCH3 is 2. The molecule has 0 saturated carbocycles. The molecular weight excluding hydrogens is 560 g/mol. The summed E-state index contributed by atoms with van der Waals surface area (Å²) in [5, 5.41) is 4.42. The number of nitrogens with one attached hydrogen (secondary N) is 1. The maximum Gasteiger partial charge on any atom is 0.410 e. The van der Waals surface area contributed by atoms with E-state index in [0.29, 0.717) is 36.8 Å². The number of likely N-dealkylation sites (tertiary alicyclic amines) is 1. The van der Waals surface area contributed by atoms with Gasteiger partial charge in [0.1, 0.15) is 34.9 Å². The molecule has 6 rings (SSSR count). The number of nitrogens with zero attached hydrogens (tertiary/aromatic N) is 6. The van der Waals surface area contributed by atoms with Crippen molar-refractivity contribution in [2.24, 2.45) is 0 Å². The smallest absolute Gasteiger partial charge is 0.410 e. The van der Waals surface area contributed by atoms with Crippen molar-refractivity contribution in [1.82, 2.24) is 28.8 Å². The zero-order chi connectivity index (χ0) is 31.0. The van der Waals surface area contributed by atoms with Gasteiger partial charge in [0.05, 0.1) is 31.0 Å². The van der Waals surface area contributed by atoms with Crippen LogP contribution in [0, 0.1) is 0 Å². The molecule has 12 nitrogen and oxygen atoms in total. The van der Waals surface area contributed by atoms with Crippen LogP contribution in [-0.4, -0.2) is 67.8 Å². The number of nitrogen functional groups attached to an aromatic ring is 1. The molecule has 0 aliphatic carbocycles. The number of aromatic nitrogens is 5. The molecule has 1 aliphatic rings. The Kier molecular flexibility index (Phi) is 7.66. The van der Waals surface area contributed by atoms with Crippen LogP contribution in [-0.2, 0) is 11.3 Å². The van der Waals surface area contributed by atoms with Crippen molar-refractivity contribution < 1.29 is 19.0 Å². The minimum atomic E-state index is -0.534. The third-order valence-electron chi connectivity index (χ3n) is 7.91. The number of benzene rings is 1. The van der Waals surface area contributed by atoms with Gasteiger partial charge in [-0.3, -0.25) is 4.40 Å². The van der Waals surface area contributed by atoms with Crippen LogP contribution < -0.4 is 20.5 Å². The summed E-state index contributed by atoms with van der Waals surface area (Å²) in [6, 6.07) is 9.74. The van der Waals surface area contributed by atoms with Crippen LogP contribution >= 0.6 is 0 Å². The van der Waals surface area contributed by atoms with Crippen LogP contribution in [0.5, 0.6) is 11.5 Å². The topological polar surface area (TPSA) is 134 Å². The molecule has 0 radical (unpaired) electrons. The van der Waals surface area contributed by atoms with Crippen LogP contribution in [0.3, 0.4) is 0 Å². The first-order valence-electron chi connectivity index (χ1n) is 14.7. The molecule has 0 unspecified atom stereocenters. The van der Waals surface area contributed by atoms with E-state index in [-0.39, 0.29) is 12.1 Å². The molecule has 1 fully saturated rings.